The van der Waals surface area contributed by atoms with Gasteiger partial charge in [0.1, 0.15) is 5.75 Å². The van der Waals surface area contributed by atoms with E-state index >= 15 is 0 Å². The van der Waals surface area contributed by atoms with Crippen LogP contribution in [0.1, 0.15) is 36.1 Å². The Balaban J connectivity index is 1.52. The van der Waals surface area contributed by atoms with Crippen molar-refractivity contribution in [1.29, 1.82) is 0 Å². The number of aromatic nitrogens is 1. The summed E-state index contributed by atoms with van der Waals surface area (Å²) in [6, 6.07) is 23.9. The van der Waals surface area contributed by atoms with Gasteiger partial charge in [0, 0.05) is 47.6 Å². The number of hydrazone groups is 1. The first-order chi connectivity index (χ1) is 16.0. The monoisotopic (exact) mass is 457 g/mol. The van der Waals surface area contributed by atoms with E-state index in [0.717, 1.165) is 50.6 Å². The SMILES string of the molecule is COc1ccc(C2=NN(C(C)=O)C(c3cn(Cc4ccc(Cl)cc4)c4ccccc34)C2)cc1. The normalized spacial score (nSPS) is 15.7. The predicted molar refractivity (Wildman–Crippen MR) is 132 cm³/mol. The van der Waals surface area contributed by atoms with E-state index in [-0.39, 0.29) is 11.9 Å². The lowest BCUT2D eigenvalue weighted by molar-refractivity contribution is -0.130. The Labute approximate surface area is 197 Å². The molecule has 1 aromatic heterocycles. The van der Waals surface area contributed by atoms with Gasteiger partial charge >= 0.3 is 0 Å². The van der Waals surface area contributed by atoms with Crippen molar-refractivity contribution in [2.45, 2.75) is 25.9 Å². The second-order valence-corrected chi connectivity index (χ2v) is 8.65. The minimum Gasteiger partial charge on any atom is -0.497 e. The number of hydrogen-bond donors (Lipinski definition) is 0. The van der Waals surface area contributed by atoms with Crippen molar-refractivity contribution < 1.29 is 9.53 Å². The van der Waals surface area contributed by atoms with Crippen molar-refractivity contribution in [3.05, 3.63) is 101 Å². The topological polar surface area (TPSA) is 46.8 Å². The van der Waals surface area contributed by atoms with Gasteiger partial charge in [-0.2, -0.15) is 5.10 Å². The van der Waals surface area contributed by atoms with Crippen LogP contribution in [0.5, 0.6) is 5.75 Å². The number of fused-ring (bicyclic) bond motifs is 1. The molecule has 3 aromatic carbocycles. The van der Waals surface area contributed by atoms with Crippen LogP contribution in [-0.4, -0.2) is 28.3 Å². The first kappa shape index (κ1) is 21.3. The van der Waals surface area contributed by atoms with Gasteiger partial charge in [0.2, 0.25) is 5.91 Å². The average molecular weight is 458 g/mol. The van der Waals surface area contributed by atoms with E-state index in [1.807, 2.05) is 60.7 Å². The Bertz CT molecular complexity index is 1340. The first-order valence-electron chi connectivity index (χ1n) is 10.9. The number of ether oxygens (including phenoxy) is 1. The second-order valence-electron chi connectivity index (χ2n) is 8.21. The maximum atomic E-state index is 12.6. The molecule has 0 N–H and O–H groups in total. The van der Waals surface area contributed by atoms with Crippen molar-refractivity contribution >= 4 is 34.1 Å². The molecule has 4 aromatic rings. The van der Waals surface area contributed by atoms with Crippen molar-refractivity contribution in [3.8, 4) is 5.75 Å². The molecule has 166 valence electrons. The molecule has 0 fully saturated rings. The van der Waals surface area contributed by atoms with Crippen LogP contribution in [-0.2, 0) is 11.3 Å². The van der Waals surface area contributed by atoms with E-state index in [4.69, 9.17) is 21.4 Å². The Morgan fingerprint density at radius 1 is 1.06 bits per heavy atom. The largest absolute Gasteiger partial charge is 0.497 e. The lowest BCUT2D eigenvalue weighted by atomic mass is 9.98. The molecule has 0 spiro atoms. The molecule has 6 heteroatoms. The molecule has 1 aliphatic heterocycles. The molecule has 33 heavy (non-hydrogen) atoms. The molecule has 0 saturated carbocycles. The highest BCUT2D eigenvalue weighted by molar-refractivity contribution is 6.30. The maximum absolute atomic E-state index is 12.6. The molecule has 0 bridgehead atoms. The lowest BCUT2D eigenvalue weighted by Crippen LogP contribution is -2.24. The first-order valence-corrected chi connectivity index (χ1v) is 11.2. The van der Waals surface area contributed by atoms with Crippen molar-refractivity contribution in [1.82, 2.24) is 9.58 Å². The van der Waals surface area contributed by atoms with Crippen LogP contribution in [0, 0.1) is 0 Å². The summed E-state index contributed by atoms with van der Waals surface area (Å²) in [5.74, 6) is 0.723. The van der Waals surface area contributed by atoms with Crippen LogP contribution in [0.15, 0.2) is 84.1 Å². The van der Waals surface area contributed by atoms with Crippen molar-refractivity contribution in [3.63, 3.8) is 0 Å². The fourth-order valence-corrected chi connectivity index (χ4v) is 4.58. The number of halogens is 1. The van der Waals surface area contributed by atoms with Crippen molar-refractivity contribution in [2.24, 2.45) is 5.10 Å². The van der Waals surface area contributed by atoms with Gasteiger partial charge in [-0.1, -0.05) is 41.9 Å². The summed E-state index contributed by atoms with van der Waals surface area (Å²) in [4.78, 5) is 12.6. The minimum atomic E-state index is -0.157. The average Bonchev–Trinajstić information content (AvgIpc) is 3.43. The van der Waals surface area contributed by atoms with E-state index in [9.17, 15) is 4.79 Å². The van der Waals surface area contributed by atoms with E-state index in [0.29, 0.717) is 6.42 Å². The zero-order valence-corrected chi connectivity index (χ0v) is 19.3. The number of methoxy groups -OCH3 is 1. The van der Waals surface area contributed by atoms with Gasteiger partial charge in [0.25, 0.3) is 0 Å². The quantitative estimate of drug-likeness (QED) is 0.366. The van der Waals surface area contributed by atoms with Crippen LogP contribution in [0.4, 0.5) is 0 Å². The molecular formula is C27H24ClN3O2. The van der Waals surface area contributed by atoms with E-state index < -0.39 is 0 Å². The summed E-state index contributed by atoms with van der Waals surface area (Å²) in [6.07, 6.45) is 2.81. The smallest absolute Gasteiger partial charge is 0.240 e. The zero-order chi connectivity index (χ0) is 22.9. The molecule has 0 radical (unpaired) electrons. The summed E-state index contributed by atoms with van der Waals surface area (Å²) in [5.41, 5.74) is 5.28. The third-order valence-electron chi connectivity index (χ3n) is 6.10. The molecule has 1 amide bonds. The number of nitrogens with zero attached hydrogens (tertiary/aromatic N) is 3. The summed E-state index contributed by atoms with van der Waals surface area (Å²) in [6.45, 7) is 2.29. The maximum Gasteiger partial charge on any atom is 0.240 e. The number of amides is 1. The third-order valence-corrected chi connectivity index (χ3v) is 6.35. The Hall–Kier alpha value is -3.57. The van der Waals surface area contributed by atoms with E-state index in [2.05, 4.69) is 22.9 Å². The second kappa shape index (κ2) is 8.75. The molecular weight excluding hydrogens is 434 g/mol. The molecule has 2 heterocycles. The van der Waals surface area contributed by atoms with Crippen molar-refractivity contribution in [2.75, 3.05) is 7.11 Å². The summed E-state index contributed by atoms with van der Waals surface area (Å²) in [7, 11) is 1.65. The Kier molecular flexibility index (Phi) is 5.65. The molecule has 1 atom stereocenters. The molecule has 1 unspecified atom stereocenters. The summed E-state index contributed by atoms with van der Waals surface area (Å²) in [5, 5.41) is 8.19. The number of carbonyl (C=O) groups excluding carboxylic acids is 1. The number of carbonyl (C=O) groups is 1. The van der Waals surface area contributed by atoms with E-state index in [1.54, 1.807) is 19.0 Å². The van der Waals surface area contributed by atoms with Gasteiger partial charge in [-0.15, -0.1) is 0 Å². The number of para-hydroxylation sites is 1. The zero-order valence-electron chi connectivity index (χ0n) is 18.5. The van der Waals surface area contributed by atoms with Gasteiger partial charge in [0.05, 0.1) is 18.9 Å². The van der Waals surface area contributed by atoms with E-state index in [1.165, 1.54) is 0 Å². The van der Waals surface area contributed by atoms with Crippen LogP contribution in [0.25, 0.3) is 10.9 Å². The van der Waals surface area contributed by atoms with Gasteiger partial charge in [-0.25, -0.2) is 5.01 Å². The van der Waals surface area contributed by atoms with Crippen LogP contribution in [0.2, 0.25) is 5.02 Å². The number of benzene rings is 3. The van der Waals surface area contributed by atoms with Crippen LogP contribution >= 0.6 is 11.6 Å². The van der Waals surface area contributed by atoms with Crippen LogP contribution < -0.4 is 4.74 Å². The summed E-state index contributed by atoms with van der Waals surface area (Å²) >= 11 is 6.06. The van der Waals surface area contributed by atoms with Gasteiger partial charge in [-0.05, 0) is 53.6 Å². The third kappa shape index (κ3) is 4.12. The Morgan fingerprint density at radius 2 is 1.79 bits per heavy atom. The molecule has 1 aliphatic rings. The Morgan fingerprint density at radius 3 is 2.48 bits per heavy atom. The molecule has 0 saturated heterocycles. The standard InChI is InChI=1S/C27H24ClN3O2/c1-18(32)31-27(15-25(29-31)20-9-13-22(33-2)14-10-20)24-17-30(26-6-4-3-5-23(24)26)16-19-7-11-21(28)12-8-19/h3-14,17,27H,15-16H2,1-2H3. The fraction of sp³-hybridized carbons (Fsp3) is 0.185. The highest BCUT2D eigenvalue weighted by Crippen LogP contribution is 2.38. The molecule has 0 aliphatic carbocycles. The van der Waals surface area contributed by atoms with Gasteiger partial charge in [0.15, 0.2) is 0 Å². The van der Waals surface area contributed by atoms with Gasteiger partial charge in [-0.3, -0.25) is 4.79 Å². The highest BCUT2D eigenvalue weighted by Gasteiger charge is 2.33. The highest BCUT2D eigenvalue weighted by atomic mass is 35.5. The number of hydrogen-bond acceptors (Lipinski definition) is 3. The molecule has 5 rings (SSSR count). The number of rotatable bonds is 5. The van der Waals surface area contributed by atoms with Gasteiger partial charge < -0.3 is 9.30 Å². The summed E-state index contributed by atoms with van der Waals surface area (Å²) < 4.78 is 7.51. The lowest BCUT2D eigenvalue weighted by Gasteiger charge is -2.19. The fourth-order valence-electron chi connectivity index (χ4n) is 4.46. The molecule has 5 nitrogen and oxygen atoms in total. The predicted octanol–water partition coefficient (Wildman–Crippen LogP) is 6.05. The minimum absolute atomic E-state index is 0.0713. The van der Waals surface area contributed by atoms with Crippen LogP contribution in [0.3, 0.4) is 0 Å².